The van der Waals surface area contributed by atoms with Gasteiger partial charge in [-0.05, 0) is 135 Å². The summed E-state index contributed by atoms with van der Waals surface area (Å²) >= 11 is 0. The lowest BCUT2D eigenvalue weighted by molar-refractivity contribution is -0.161. The summed E-state index contributed by atoms with van der Waals surface area (Å²) in [5.74, 6) is 5.82. The zero-order valence-corrected chi connectivity index (χ0v) is 26.1. The topological polar surface area (TPSA) is 29.5 Å². The molecule has 0 radical (unpaired) electrons. The molecule has 0 aliphatic heterocycles. The summed E-state index contributed by atoms with van der Waals surface area (Å²) in [7, 11) is -1.81. The first-order valence-corrected chi connectivity index (χ1v) is 18.4. The first-order chi connectivity index (χ1) is 16.1. The molecule has 2 nitrogen and oxygen atoms in total. The molecule has 0 aromatic carbocycles. The summed E-state index contributed by atoms with van der Waals surface area (Å²) in [6.45, 7) is 24.6. The van der Waals surface area contributed by atoms with Crippen LogP contribution in [0.4, 0.5) is 0 Å². The summed E-state index contributed by atoms with van der Waals surface area (Å²) in [6, 6.07) is 0. The van der Waals surface area contributed by atoms with Crippen molar-refractivity contribution in [1.29, 1.82) is 0 Å². The van der Waals surface area contributed by atoms with Gasteiger partial charge in [0.2, 0.25) is 0 Å². The molecule has 0 heterocycles. The third-order valence-electron chi connectivity index (χ3n) is 13.0. The van der Waals surface area contributed by atoms with E-state index in [1.807, 2.05) is 6.92 Å². The highest BCUT2D eigenvalue weighted by molar-refractivity contribution is 6.74. The van der Waals surface area contributed by atoms with Gasteiger partial charge in [0.05, 0.1) is 6.10 Å². The SMILES string of the molecule is CC(O)CCC(C)C1CCC2C3C[C@H](O[Si](C)(C)C(C)(C)C)[C@@H]4C[C@H](C)CC[C@]4(C)C3CC[C@]12C. The first kappa shape index (κ1) is 28.2. The third kappa shape index (κ3) is 4.98. The molecule has 4 rings (SSSR count). The van der Waals surface area contributed by atoms with Crippen molar-refractivity contribution >= 4 is 8.32 Å². The fraction of sp³-hybridized carbons (Fsp3) is 1.00. The van der Waals surface area contributed by atoms with Crippen LogP contribution in [0.25, 0.3) is 0 Å². The van der Waals surface area contributed by atoms with Gasteiger partial charge in [-0.1, -0.05) is 54.9 Å². The van der Waals surface area contributed by atoms with Gasteiger partial charge in [0, 0.05) is 6.10 Å². The molecule has 4 fully saturated rings. The number of fused-ring (bicyclic) bond motifs is 5. The van der Waals surface area contributed by atoms with Crippen molar-refractivity contribution in [3.63, 3.8) is 0 Å². The zero-order valence-electron chi connectivity index (χ0n) is 25.1. The molecule has 4 saturated carbocycles. The van der Waals surface area contributed by atoms with Crippen LogP contribution < -0.4 is 0 Å². The molecule has 1 N–H and O–H groups in total. The number of hydrogen-bond acceptors (Lipinski definition) is 2. The molecule has 0 aromatic heterocycles. The summed E-state index contributed by atoms with van der Waals surface area (Å²) in [4.78, 5) is 0. The number of rotatable bonds is 6. The Kier molecular flexibility index (Phi) is 7.81. The minimum atomic E-state index is -1.81. The van der Waals surface area contributed by atoms with Gasteiger partial charge in [-0.2, -0.15) is 0 Å². The second-order valence-electron chi connectivity index (χ2n) is 16.2. The predicted octanol–water partition coefficient (Wildman–Crippen LogP) is 9.08. The minimum Gasteiger partial charge on any atom is -0.414 e. The molecule has 35 heavy (non-hydrogen) atoms. The largest absolute Gasteiger partial charge is 0.414 e. The smallest absolute Gasteiger partial charge is 0.192 e. The Morgan fingerprint density at radius 1 is 0.886 bits per heavy atom. The first-order valence-electron chi connectivity index (χ1n) is 15.5. The highest BCUT2D eigenvalue weighted by Crippen LogP contribution is 2.69. The second kappa shape index (κ2) is 9.71. The van der Waals surface area contributed by atoms with Crippen LogP contribution in [0, 0.1) is 52.3 Å². The molecule has 6 unspecified atom stereocenters. The van der Waals surface area contributed by atoms with E-state index in [2.05, 4.69) is 61.6 Å². The van der Waals surface area contributed by atoms with Gasteiger partial charge in [-0.3, -0.25) is 0 Å². The number of hydrogen-bond donors (Lipinski definition) is 1. The summed E-state index contributed by atoms with van der Waals surface area (Å²) in [5, 5.41) is 10.2. The van der Waals surface area contributed by atoms with Crippen LogP contribution in [0.15, 0.2) is 0 Å². The fourth-order valence-electron chi connectivity index (χ4n) is 9.83. The predicted molar refractivity (Wildman–Crippen MR) is 152 cm³/mol. The molecule has 0 amide bonds. The van der Waals surface area contributed by atoms with Gasteiger partial charge in [-0.25, -0.2) is 0 Å². The van der Waals surface area contributed by atoms with Crippen molar-refractivity contribution in [2.24, 2.45) is 52.3 Å². The molecule has 0 aromatic rings. The molecule has 3 heteroatoms. The molecular formula is C32H60O2Si. The molecule has 204 valence electrons. The van der Waals surface area contributed by atoms with E-state index in [4.69, 9.17) is 4.43 Å². The van der Waals surface area contributed by atoms with Crippen molar-refractivity contribution in [2.45, 2.75) is 150 Å². The standard InChI is InChI=1S/C32H60O2Si/c1-21-15-17-32(8)27-16-18-31(7)25(22(2)11-12-23(3)33)13-14-26(31)24(27)20-29(28(32)19-21)34-35(9,10)30(4,5)6/h21-29,33H,11-20H2,1-10H3/t21-,22?,23?,24?,25?,26?,27?,28+,29+,31-,32-/m1/s1. The Hall–Kier alpha value is 0.137. The van der Waals surface area contributed by atoms with E-state index < -0.39 is 8.32 Å². The number of aliphatic hydroxyl groups is 1. The maximum absolute atomic E-state index is 9.92. The Balaban J connectivity index is 1.62. The van der Waals surface area contributed by atoms with Crippen molar-refractivity contribution in [2.75, 3.05) is 0 Å². The van der Waals surface area contributed by atoms with Crippen LogP contribution in [0.2, 0.25) is 18.1 Å². The van der Waals surface area contributed by atoms with Crippen LogP contribution in [-0.2, 0) is 4.43 Å². The molecule has 11 atom stereocenters. The van der Waals surface area contributed by atoms with E-state index in [1.54, 1.807) is 0 Å². The van der Waals surface area contributed by atoms with E-state index in [0.29, 0.717) is 16.9 Å². The highest BCUT2D eigenvalue weighted by atomic mass is 28.4. The van der Waals surface area contributed by atoms with Crippen LogP contribution in [0.1, 0.15) is 120 Å². The summed E-state index contributed by atoms with van der Waals surface area (Å²) in [5.41, 5.74) is 0.964. The van der Waals surface area contributed by atoms with Gasteiger partial charge in [-0.15, -0.1) is 0 Å². The molecule has 4 aliphatic rings. The molecular weight excluding hydrogens is 444 g/mol. The molecule has 0 bridgehead atoms. The van der Waals surface area contributed by atoms with Crippen LogP contribution in [0.5, 0.6) is 0 Å². The second-order valence-corrected chi connectivity index (χ2v) is 20.9. The Labute approximate surface area is 219 Å². The molecule has 0 spiro atoms. The zero-order chi connectivity index (χ0) is 26.0. The van der Waals surface area contributed by atoms with E-state index in [9.17, 15) is 5.11 Å². The van der Waals surface area contributed by atoms with Gasteiger partial charge >= 0.3 is 0 Å². The van der Waals surface area contributed by atoms with Crippen molar-refractivity contribution in [1.82, 2.24) is 0 Å². The van der Waals surface area contributed by atoms with Gasteiger partial charge in [0.15, 0.2) is 8.32 Å². The Morgan fingerprint density at radius 2 is 1.51 bits per heavy atom. The third-order valence-corrected chi connectivity index (χ3v) is 17.5. The van der Waals surface area contributed by atoms with Crippen LogP contribution in [-0.4, -0.2) is 25.6 Å². The maximum Gasteiger partial charge on any atom is 0.192 e. The fourth-order valence-corrected chi connectivity index (χ4v) is 11.2. The summed E-state index contributed by atoms with van der Waals surface area (Å²) < 4.78 is 7.41. The molecule has 0 saturated heterocycles. The Morgan fingerprint density at radius 3 is 2.14 bits per heavy atom. The number of aliphatic hydroxyl groups excluding tert-OH is 1. The van der Waals surface area contributed by atoms with E-state index >= 15 is 0 Å². The van der Waals surface area contributed by atoms with Gasteiger partial charge in [0.25, 0.3) is 0 Å². The Bertz CT molecular complexity index is 740. The van der Waals surface area contributed by atoms with E-state index in [-0.39, 0.29) is 11.1 Å². The average molecular weight is 505 g/mol. The normalized spacial score (nSPS) is 45.9. The lowest BCUT2D eigenvalue weighted by atomic mass is 9.43. The average Bonchev–Trinajstić information content (AvgIpc) is 3.09. The van der Waals surface area contributed by atoms with E-state index in [1.165, 1.54) is 57.8 Å². The van der Waals surface area contributed by atoms with Crippen molar-refractivity contribution in [3.05, 3.63) is 0 Å². The van der Waals surface area contributed by atoms with E-state index in [0.717, 1.165) is 47.8 Å². The lowest BCUT2D eigenvalue weighted by Crippen LogP contribution is -2.60. The monoisotopic (exact) mass is 504 g/mol. The maximum atomic E-state index is 9.92. The van der Waals surface area contributed by atoms with Gasteiger partial charge < -0.3 is 9.53 Å². The highest BCUT2D eigenvalue weighted by Gasteiger charge is 2.63. The van der Waals surface area contributed by atoms with Crippen molar-refractivity contribution in [3.8, 4) is 0 Å². The molecule has 4 aliphatic carbocycles. The van der Waals surface area contributed by atoms with Crippen LogP contribution >= 0.6 is 0 Å². The quantitative estimate of drug-likeness (QED) is 0.365. The lowest BCUT2D eigenvalue weighted by Gasteiger charge is -2.64. The minimum absolute atomic E-state index is 0.157. The van der Waals surface area contributed by atoms with Gasteiger partial charge in [0.1, 0.15) is 0 Å². The van der Waals surface area contributed by atoms with Crippen molar-refractivity contribution < 1.29 is 9.53 Å². The van der Waals surface area contributed by atoms with Crippen LogP contribution in [0.3, 0.4) is 0 Å². The summed E-state index contributed by atoms with van der Waals surface area (Å²) in [6.07, 6.45) is 13.8.